The Morgan fingerprint density at radius 3 is 1.38 bits per heavy atom. The van der Waals surface area contributed by atoms with E-state index in [-0.39, 0.29) is 19.1 Å². The zero-order valence-corrected chi connectivity index (χ0v) is 38.5. The Labute approximate surface area is 347 Å². The van der Waals surface area contributed by atoms with Crippen molar-refractivity contribution in [3.05, 3.63) is 24.3 Å². The van der Waals surface area contributed by atoms with Crippen LogP contribution in [0.1, 0.15) is 219 Å². The van der Waals surface area contributed by atoms with Crippen molar-refractivity contribution in [3.63, 3.8) is 0 Å². The maximum absolute atomic E-state index is 12.9. The van der Waals surface area contributed by atoms with Crippen LogP contribution < -0.4 is 5.32 Å². The molecule has 0 fully saturated rings. The van der Waals surface area contributed by atoms with Gasteiger partial charge in [-0.25, -0.2) is 4.57 Å². The highest BCUT2D eigenvalue weighted by molar-refractivity contribution is 7.47. The first-order valence-corrected chi connectivity index (χ1v) is 25.2. The maximum atomic E-state index is 12.9. The van der Waals surface area contributed by atoms with Gasteiger partial charge in [0.15, 0.2) is 0 Å². The molecule has 1 amide bonds. The number of carbonyl (C=O) groups is 1. The average Bonchev–Trinajstić information content (AvgIpc) is 3.15. The summed E-state index contributed by atoms with van der Waals surface area (Å²) in [7, 11) is 1.57. The van der Waals surface area contributed by atoms with Crippen molar-refractivity contribution in [3.8, 4) is 0 Å². The maximum Gasteiger partial charge on any atom is 0.472 e. The number of aliphatic hydroxyl groups is 1. The molecule has 8 nitrogen and oxygen atoms in total. The highest BCUT2D eigenvalue weighted by Gasteiger charge is 2.27. The summed E-state index contributed by atoms with van der Waals surface area (Å²) in [5.41, 5.74) is 0. The lowest BCUT2D eigenvalue weighted by atomic mass is 10.0. The van der Waals surface area contributed by atoms with Crippen molar-refractivity contribution in [2.75, 3.05) is 40.9 Å². The second-order valence-corrected chi connectivity index (χ2v) is 18.9. The second-order valence-electron chi connectivity index (χ2n) is 17.5. The number of hydrogen-bond donors (Lipinski definition) is 3. The van der Waals surface area contributed by atoms with Gasteiger partial charge in [0, 0.05) is 6.42 Å². The Bertz CT molecular complexity index is 969. The Morgan fingerprint density at radius 1 is 0.589 bits per heavy atom. The SMILES string of the molecule is CCCCCCCCCCC/C=C\CCCCCCCC(=O)NC(COP(=O)(O)OCC[N+](C)(C)C)C(O)/C=C/CCCCCCCCCCCCCCCC. The summed E-state index contributed by atoms with van der Waals surface area (Å²) >= 11 is 0. The summed E-state index contributed by atoms with van der Waals surface area (Å²) in [5.74, 6) is -0.184. The summed E-state index contributed by atoms with van der Waals surface area (Å²) < 4.78 is 23.6. The standard InChI is InChI=1S/C47H93N2O6P/c1-6-8-10-12-14-16-18-20-22-24-25-27-29-31-33-35-37-39-41-47(51)48-45(44-55-56(52,53)54-43-42-49(3,4)5)46(50)40-38-36-34-32-30-28-26-23-21-19-17-15-13-11-9-7-2/h25,27,38,40,45-46,50H,6-24,26,28-37,39,41-44H2,1-5H3,(H-,48,51,52,53)/p+1/b27-25-,40-38+. The fourth-order valence-corrected chi connectivity index (χ4v) is 7.60. The van der Waals surface area contributed by atoms with E-state index in [1.54, 1.807) is 6.08 Å². The van der Waals surface area contributed by atoms with Crippen LogP contribution in [0.5, 0.6) is 0 Å². The summed E-state index contributed by atoms with van der Waals surface area (Å²) in [6.07, 6.45) is 46.7. The van der Waals surface area contributed by atoms with Crippen LogP contribution in [-0.2, 0) is 18.4 Å². The quantitative estimate of drug-likeness (QED) is 0.0245. The first-order valence-electron chi connectivity index (χ1n) is 23.7. The van der Waals surface area contributed by atoms with Gasteiger partial charge in [-0.3, -0.25) is 13.8 Å². The van der Waals surface area contributed by atoms with Crippen molar-refractivity contribution in [1.29, 1.82) is 0 Å². The molecule has 3 atom stereocenters. The van der Waals surface area contributed by atoms with Crippen LogP contribution >= 0.6 is 7.82 Å². The number of phosphoric acid groups is 1. The Hall–Kier alpha value is -1.02. The van der Waals surface area contributed by atoms with Gasteiger partial charge in [0.05, 0.1) is 39.9 Å². The van der Waals surface area contributed by atoms with E-state index in [9.17, 15) is 19.4 Å². The number of nitrogens with zero attached hydrogens (tertiary/aromatic N) is 1. The van der Waals surface area contributed by atoms with Gasteiger partial charge in [-0.05, 0) is 44.9 Å². The molecule has 3 unspecified atom stereocenters. The van der Waals surface area contributed by atoms with Crippen LogP contribution in [0.15, 0.2) is 24.3 Å². The van der Waals surface area contributed by atoms with Gasteiger partial charge in [0.2, 0.25) is 5.91 Å². The number of nitrogens with one attached hydrogen (secondary N) is 1. The number of rotatable bonds is 43. The molecule has 0 aliphatic rings. The van der Waals surface area contributed by atoms with Crippen LogP contribution in [-0.4, -0.2) is 73.4 Å². The Balaban J connectivity index is 4.39. The molecule has 0 saturated carbocycles. The first-order chi connectivity index (χ1) is 27.0. The number of hydrogen-bond acceptors (Lipinski definition) is 5. The lowest BCUT2D eigenvalue weighted by Crippen LogP contribution is -2.45. The molecule has 0 aliphatic carbocycles. The van der Waals surface area contributed by atoms with Crippen molar-refractivity contribution >= 4 is 13.7 Å². The normalized spacial score (nSPS) is 14.5. The van der Waals surface area contributed by atoms with Crippen LogP contribution in [0.2, 0.25) is 0 Å². The first kappa shape index (κ1) is 55.0. The molecular formula is C47H94N2O6P+. The third kappa shape index (κ3) is 41.2. The summed E-state index contributed by atoms with van der Waals surface area (Å²) in [6.45, 7) is 4.82. The molecule has 0 rings (SSSR count). The zero-order valence-electron chi connectivity index (χ0n) is 37.6. The molecule has 332 valence electrons. The Morgan fingerprint density at radius 2 is 0.964 bits per heavy atom. The van der Waals surface area contributed by atoms with Crippen molar-refractivity contribution in [2.45, 2.75) is 231 Å². The number of quaternary nitrogens is 1. The van der Waals surface area contributed by atoms with E-state index >= 15 is 0 Å². The predicted molar refractivity (Wildman–Crippen MR) is 240 cm³/mol. The van der Waals surface area contributed by atoms with Crippen LogP contribution in [0.3, 0.4) is 0 Å². The molecule has 0 aromatic carbocycles. The molecule has 0 spiro atoms. The molecule has 9 heteroatoms. The number of amides is 1. The number of carbonyl (C=O) groups excluding carboxylic acids is 1. The highest BCUT2D eigenvalue weighted by Crippen LogP contribution is 2.43. The molecule has 56 heavy (non-hydrogen) atoms. The van der Waals surface area contributed by atoms with Crippen molar-refractivity contribution < 1.29 is 32.9 Å². The van der Waals surface area contributed by atoms with Gasteiger partial charge in [-0.15, -0.1) is 0 Å². The minimum Gasteiger partial charge on any atom is -0.387 e. The topological polar surface area (TPSA) is 105 Å². The number of unbranched alkanes of at least 4 members (excludes halogenated alkanes) is 28. The van der Waals surface area contributed by atoms with Crippen LogP contribution in [0.25, 0.3) is 0 Å². The van der Waals surface area contributed by atoms with Gasteiger partial charge in [0.1, 0.15) is 13.2 Å². The van der Waals surface area contributed by atoms with Crippen LogP contribution in [0.4, 0.5) is 0 Å². The summed E-state index contributed by atoms with van der Waals surface area (Å²) in [6, 6.07) is -0.847. The minimum absolute atomic E-state index is 0.0611. The number of allylic oxidation sites excluding steroid dienone is 3. The van der Waals surface area contributed by atoms with Gasteiger partial charge in [-0.1, -0.05) is 192 Å². The number of aliphatic hydroxyl groups excluding tert-OH is 1. The van der Waals surface area contributed by atoms with Crippen molar-refractivity contribution in [1.82, 2.24) is 5.32 Å². The van der Waals surface area contributed by atoms with Crippen LogP contribution in [0, 0.1) is 0 Å². The van der Waals surface area contributed by atoms with Gasteiger partial charge < -0.3 is 19.8 Å². The summed E-state index contributed by atoms with van der Waals surface area (Å²) in [5, 5.41) is 13.8. The van der Waals surface area contributed by atoms with Crippen molar-refractivity contribution in [2.24, 2.45) is 0 Å². The van der Waals surface area contributed by atoms with E-state index in [2.05, 4.69) is 31.3 Å². The molecule has 0 aliphatic heterocycles. The van der Waals surface area contributed by atoms with E-state index in [1.165, 1.54) is 148 Å². The molecule has 0 aromatic heterocycles. The lowest BCUT2D eigenvalue weighted by molar-refractivity contribution is -0.870. The molecule has 0 aromatic rings. The zero-order chi connectivity index (χ0) is 41.4. The second kappa shape index (κ2) is 39.4. The highest BCUT2D eigenvalue weighted by atomic mass is 31.2. The molecule has 0 radical (unpaired) electrons. The monoisotopic (exact) mass is 814 g/mol. The van der Waals surface area contributed by atoms with E-state index in [4.69, 9.17) is 9.05 Å². The fraction of sp³-hybridized carbons (Fsp3) is 0.894. The Kier molecular flexibility index (Phi) is 38.7. The third-order valence-electron chi connectivity index (χ3n) is 10.7. The predicted octanol–water partition coefficient (Wildman–Crippen LogP) is 13.3. The lowest BCUT2D eigenvalue weighted by Gasteiger charge is -2.25. The van der Waals surface area contributed by atoms with E-state index in [0.717, 1.165) is 51.4 Å². The molecule has 3 N–H and O–H groups in total. The van der Waals surface area contributed by atoms with Gasteiger partial charge in [-0.2, -0.15) is 0 Å². The smallest absolute Gasteiger partial charge is 0.387 e. The molecule has 0 bridgehead atoms. The summed E-state index contributed by atoms with van der Waals surface area (Å²) in [4.78, 5) is 23.1. The molecular weight excluding hydrogens is 719 g/mol. The average molecular weight is 814 g/mol. The number of phosphoric ester groups is 1. The largest absolute Gasteiger partial charge is 0.472 e. The van der Waals surface area contributed by atoms with Gasteiger partial charge in [0.25, 0.3) is 0 Å². The molecule has 0 saturated heterocycles. The molecule has 0 heterocycles. The van der Waals surface area contributed by atoms with E-state index in [0.29, 0.717) is 17.4 Å². The fourth-order valence-electron chi connectivity index (χ4n) is 6.86. The third-order valence-corrected chi connectivity index (χ3v) is 11.6. The minimum atomic E-state index is -4.34. The van der Waals surface area contributed by atoms with E-state index < -0.39 is 20.0 Å². The van der Waals surface area contributed by atoms with Gasteiger partial charge >= 0.3 is 7.82 Å². The number of likely N-dealkylation sites (N-methyl/N-ethyl adjacent to an activating group) is 1. The van der Waals surface area contributed by atoms with E-state index in [1.807, 2.05) is 27.2 Å².